The lowest BCUT2D eigenvalue weighted by Crippen LogP contribution is -2.36. The number of aliphatic hydroxyl groups excluding tert-OH is 1. The molecule has 35 heavy (non-hydrogen) atoms. The normalized spacial score (nSPS) is 16.5. The number of hydrogen-bond donors (Lipinski definition) is 1. The predicted octanol–water partition coefficient (Wildman–Crippen LogP) is 3.54. The van der Waals surface area contributed by atoms with Crippen LogP contribution in [0, 0.1) is 11.8 Å². The van der Waals surface area contributed by atoms with Crippen molar-refractivity contribution in [3.05, 3.63) is 52.7 Å². The molecule has 3 rings (SSSR count). The van der Waals surface area contributed by atoms with E-state index in [1.54, 1.807) is 13.0 Å². The van der Waals surface area contributed by atoms with E-state index in [0.717, 1.165) is 22.3 Å². The van der Waals surface area contributed by atoms with Crippen LogP contribution in [0.3, 0.4) is 0 Å². The van der Waals surface area contributed by atoms with E-state index < -0.39 is 21.7 Å². The van der Waals surface area contributed by atoms with Crippen LogP contribution in [0.5, 0.6) is 0 Å². The lowest BCUT2D eigenvalue weighted by molar-refractivity contribution is 0.0519. The fraction of sp³-hybridized carbons (Fsp3) is 0.481. The molecular weight excluding hydrogens is 462 g/mol. The average molecular weight is 498 g/mol. The topological polar surface area (TPSA) is 83.0 Å². The smallest absolute Gasteiger partial charge is 0.356 e. The lowest BCUT2D eigenvalue weighted by Gasteiger charge is -2.30. The number of carbonyl (C=O) groups is 1. The summed E-state index contributed by atoms with van der Waals surface area (Å²) < 4.78 is 20.1. The summed E-state index contributed by atoms with van der Waals surface area (Å²) in [5.74, 6) is 5.84. The Labute approximate surface area is 211 Å². The number of carbonyl (C=O) groups excluding carboxylic acids is 1. The van der Waals surface area contributed by atoms with E-state index in [4.69, 9.17) is 9.72 Å². The van der Waals surface area contributed by atoms with Gasteiger partial charge in [0, 0.05) is 29.8 Å². The molecule has 2 heterocycles. The van der Waals surface area contributed by atoms with E-state index in [1.807, 2.05) is 68.3 Å². The van der Waals surface area contributed by atoms with Crippen LogP contribution in [0.1, 0.15) is 67.3 Å². The van der Waals surface area contributed by atoms with Crippen LogP contribution in [0.2, 0.25) is 0 Å². The van der Waals surface area contributed by atoms with E-state index in [-0.39, 0.29) is 24.9 Å². The van der Waals surface area contributed by atoms with Gasteiger partial charge in [0.25, 0.3) is 0 Å². The summed E-state index contributed by atoms with van der Waals surface area (Å²) in [7, 11) is 2.61. The molecule has 0 fully saturated rings. The van der Waals surface area contributed by atoms with Crippen molar-refractivity contribution in [2.75, 3.05) is 33.9 Å². The van der Waals surface area contributed by atoms with Gasteiger partial charge in [-0.05, 0) is 72.0 Å². The van der Waals surface area contributed by atoms with Gasteiger partial charge in [0.1, 0.15) is 16.7 Å². The number of fused-ring (bicyclic) bond motifs is 1. The molecule has 0 saturated heterocycles. The van der Waals surface area contributed by atoms with Crippen molar-refractivity contribution in [2.24, 2.45) is 0 Å². The largest absolute Gasteiger partial charge is 0.461 e. The molecule has 1 unspecified atom stereocenters. The van der Waals surface area contributed by atoms with E-state index in [0.29, 0.717) is 25.2 Å². The molecular formula is C27H35N3O4S. The van der Waals surface area contributed by atoms with Crippen LogP contribution in [0.4, 0.5) is 0 Å². The third kappa shape index (κ3) is 6.36. The van der Waals surface area contributed by atoms with Gasteiger partial charge in [-0.25, -0.2) is 18.3 Å². The molecule has 1 N–H and O–H groups in total. The molecule has 188 valence electrons. The van der Waals surface area contributed by atoms with Gasteiger partial charge in [0.15, 0.2) is 0 Å². The summed E-state index contributed by atoms with van der Waals surface area (Å²) in [6.45, 7) is 8.78. The summed E-state index contributed by atoms with van der Waals surface area (Å²) in [6, 6.07) is 9.20. The van der Waals surface area contributed by atoms with E-state index >= 15 is 0 Å². The Morgan fingerprint density at radius 2 is 2.06 bits per heavy atom. The van der Waals surface area contributed by atoms with Crippen molar-refractivity contribution < 1.29 is 18.8 Å². The minimum Gasteiger partial charge on any atom is -0.461 e. The van der Waals surface area contributed by atoms with Crippen LogP contribution in [0.15, 0.2) is 30.3 Å². The molecule has 1 aliphatic rings. The molecule has 0 aliphatic carbocycles. The molecule has 0 spiro atoms. The highest BCUT2D eigenvalue weighted by molar-refractivity contribution is 7.84. The van der Waals surface area contributed by atoms with Crippen molar-refractivity contribution in [2.45, 2.75) is 51.4 Å². The second-order valence-corrected chi connectivity index (χ2v) is 11.9. The van der Waals surface area contributed by atoms with Crippen molar-refractivity contribution in [3.63, 3.8) is 0 Å². The monoisotopic (exact) mass is 497 g/mol. The summed E-state index contributed by atoms with van der Waals surface area (Å²) in [5, 5.41) is 9.87. The molecule has 8 heteroatoms. The number of hydrogen-bond acceptors (Lipinski definition) is 6. The highest BCUT2D eigenvalue weighted by Gasteiger charge is 2.40. The quantitative estimate of drug-likeness (QED) is 0.465. The number of esters is 1. The van der Waals surface area contributed by atoms with Gasteiger partial charge in [-0.2, -0.15) is 0 Å². The Morgan fingerprint density at radius 3 is 2.69 bits per heavy atom. The molecule has 2 atom stereocenters. The summed E-state index contributed by atoms with van der Waals surface area (Å²) in [6.07, 6.45) is 0.407. The van der Waals surface area contributed by atoms with Crippen molar-refractivity contribution in [1.82, 2.24) is 14.2 Å². The standard InChI is InChI=1S/C27H35N3O4S/c1-7-34-26(32)22-17-21-18-30(35(33)27(2,3)4)23(13-15-31)24(21)25(28-22)20-12-8-10-19(16-20)11-9-14-29(5)6/h8,10,12,16-17,23,31H,7,13-15,18H2,1-6H3/t23-,35?/m0/s1. The fourth-order valence-corrected chi connectivity index (χ4v) is 5.44. The minimum absolute atomic E-state index is 0.0585. The zero-order valence-electron chi connectivity index (χ0n) is 21.4. The first-order chi connectivity index (χ1) is 16.6. The Bertz CT molecular complexity index is 1160. The van der Waals surface area contributed by atoms with Crippen molar-refractivity contribution >= 4 is 17.0 Å². The highest BCUT2D eigenvalue weighted by atomic mass is 32.2. The van der Waals surface area contributed by atoms with Crippen LogP contribution in [-0.4, -0.2) is 68.1 Å². The zero-order valence-corrected chi connectivity index (χ0v) is 22.2. The zero-order chi connectivity index (χ0) is 25.8. The molecule has 7 nitrogen and oxygen atoms in total. The van der Waals surface area contributed by atoms with Gasteiger partial charge in [0.2, 0.25) is 0 Å². The van der Waals surface area contributed by atoms with Crippen LogP contribution in [0.25, 0.3) is 11.3 Å². The first-order valence-electron chi connectivity index (χ1n) is 11.8. The number of pyridine rings is 1. The first kappa shape index (κ1) is 27.0. The Balaban J connectivity index is 2.18. The summed E-state index contributed by atoms with van der Waals surface area (Å²) in [5.41, 5.74) is 4.27. The van der Waals surface area contributed by atoms with E-state index in [9.17, 15) is 14.1 Å². The molecule has 1 aromatic heterocycles. The minimum atomic E-state index is -1.32. The molecule has 1 aliphatic heterocycles. The van der Waals surface area contributed by atoms with Gasteiger partial charge in [-0.15, -0.1) is 0 Å². The van der Waals surface area contributed by atoms with Gasteiger partial charge >= 0.3 is 5.97 Å². The second-order valence-electron chi connectivity index (χ2n) is 9.73. The number of ether oxygens (including phenoxy) is 1. The predicted molar refractivity (Wildman–Crippen MR) is 139 cm³/mol. The number of aliphatic hydroxyl groups is 1. The summed E-state index contributed by atoms with van der Waals surface area (Å²) >= 11 is 0. The van der Waals surface area contributed by atoms with Crippen LogP contribution in [-0.2, 0) is 22.3 Å². The fourth-order valence-electron chi connectivity index (χ4n) is 4.04. The van der Waals surface area contributed by atoms with Gasteiger partial charge in [-0.1, -0.05) is 24.0 Å². The number of benzene rings is 1. The number of aromatic nitrogens is 1. The molecule has 0 radical (unpaired) electrons. The van der Waals surface area contributed by atoms with Crippen LogP contribution < -0.4 is 0 Å². The lowest BCUT2D eigenvalue weighted by atomic mass is 9.95. The van der Waals surface area contributed by atoms with E-state index in [2.05, 4.69) is 11.8 Å². The number of rotatable bonds is 7. The Kier molecular flexibility index (Phi) is 8.84. The van der Waals surface area contributed by atoms with Crippen LogP contribution >= 0.6 is 0 Å². The summed E-state index contributed by atoms with van der Waals surface area (Å²) in [4.78, 5) is 19.4. The molecule has 0 saturated carbocycles. The highest BCUT2D eigenvalue weighted by Crippen LogP contribution is 2.44. The average Bonchev–Trinajstić information content (AvgIpc) is 3.16. The molecule has 2 aromatic rings. The van der Waals surface area contributed by atoms with Crippen molar-refractivity contribution in [3.8, 4) is 23.1 Å². The van der Waals surface area contributed by atoms with E-state index in [1.165, 1.54) is 0 Å². The molecule has 0 bridgehead atoms. The second kappa shape index (κ2) is 11.4. The Morgan fingerprint density at radius 1 is 1.31 bits per heavy atom. The maximum atomic E-state index is 13.4. The SMILES string of the molecule is CCOC(=O)c1cc2c(c(-c3cccc(C#CCN(C)C)c3)n1)[C@H](CCO)N(S(=O)C(C)(C)C)C2. The first-order valence-corrected chi connectivity index (χ1v) is 12.9. The maximum Gasteiger partial charge on any atom is 0.356 e. The third-order valence-corrected chi connectivity index (χ3v) is 7.40. The van der Waals surface area contributed by atoms with Gasteiger partial charge in [-0.3, -0.25) is 4.90 Å². The van der Waals surface area contributed by atoms with Gasteiger partial charge in [0.05, 0.1) is 29.6 Å². The number of nitrogens with zero attached hydrogens (tertiary/aromatic N) is 3. The molecule has 0 amide bonds. The maximum absolute atomic E-state index is 13.4. The third-order valence-electron chi connectivity index (χ3n) is 5.54. The van der Waals surface area contributed by atoms with Crippen molar-refractivity contribution in [1.29, 1.82) is 0 Å². The molecule has 1 aromatic carbocycles. The van der Waals surface area contributed by atoms with Gasteiger partial charge < -0.3 is 9.84 Å². The Hall–Kier alpha value is -2.57.